The molecular weight excluding hydrogens is 678 g/mol. The average molecular weight is 721 g/mol. The van der Waals surface area contributed by atoms with Crippen LogP contribution in [0.3, 0.4) is 0 Å². The number of nitrogens with zero attached hydrogens (tertiary/aromatic N) is 2. The Bertz CT molecular complexity index is 1810. The van der Waals surface area contributed by atoms with Gasteiger partial charge in [0.2, 0.25) is 11.8 Å². The van der Waals surface area contributed by atoms with Gasteiger partial charge in [0.15, 0.2) is 0 Å². The summed E-state index contributed by atoms with van der Waals surface area (Å²) in [6.45, 7) is 9.08. The topological polar surface area (TPSA) is 96.0 Å². The Kier molecular flexibility index (Phi) is 11.5. The van der Waals surface area contributed by atoms with Gasteiger partial charge < -0.3 is 15.0 Å². The molecule has 248 valence electrons. The van der Waals surface area contributed by atoms with Crippen LogP contribution in [0.4, 0.5) is 5.69 Å². The molecular formula is C37H42BrN3O5S. The highest BCUT2D eigenvalue weighted by molar-refractivity contribution is 9.10. The van der Waals surface area contributed by atoms with Crippen LogP contribution < -0.4 is 14.4 Å². The standard InChI is InChI=1S/C37H42BrN3O5S/c1-26-16-18-30(19-17-26)41(47(44,45)31-20-21-34(46-6)32(38)23-31)25-35(42)40(24-29-15-11-10-12-27(29)2)33(36(43)39-37(3,4)5)22-28-13-8-7-9-14-28/h7-21,23,33H,22,24-25H2,1-6H3,(H,39,43)/t33-/m0/s1. The minimum Gasteiger partial charge on any atom is -0.496 e. The lowest BCUT2D eigenvalue weighted by Gasteiger charge is -2.35. The molecule has 4 aromatic rings. The zero-order chi connectivity index (χ0) is 34.4. The first-order chi connectivity index (χ1) is 22.2. The third kappa shape index (κ3) is 9.23. The van der Waals surface area contributed by atoms with E-state index in [4.69, 9.17) is 4.74 Å². The summed E-state index contributed by atoms with van der Waals surface area (Å²) in [5.41, 5.74) is 3.37. The van der Waals surface area contributed by atoms with Crippen LogP contribution in [0.2, 0.25) is 0 Å². The fourth-order valence-electron chi connectivity index (χ4n) is 5.15. The fraction of sp³-hybridized carbons (Fsp3) is 0.297. The van der Waals surface area contributed by atoms with Crippen LogP contribution in [-0.2, 0) is 32.6 Å². The number of halogens is 1. The highest BCUT2D eigenvalue weighted by Crippen LogP contribution is 2.31. The Labute approximate surface area is 286 Å². The summed E-state index contributed by atoms with van der Waals surface area (Å²) in [4.78, 5) is 30.2. The third-order valence-electron chi connectivity index (χ3n) is 7.68. The smallest absolute Gasteiger partial charge is 0.264 e. The molecule has 0 aliphatic carbocycles. The minimum absolute atomic E-state index is 0.0182. The van der Waals surface area contributed by atoms with E-state index in [9.17, 15) is 18.0 Å². The molecule has 0 fully saturated rings. The Morgan fingerprint density at radius 1 is 0.894 bits per heavy atom. The first-order valence-corrected chi connectivity index (χ1v) is 17.6. The number of amides is 2. The van der Waals surface area contributed by atoms with Crippen molar-refractivity contribution in [2.45, 2.75) is 64.1 Å². The van der Waals surface area contributed by atoms with Crippen molar-refractivity contribution in [3.63, 3.8) is 0 Å². The minimum atomic E-state index is -4.26. The van der Waals surface area contributed by atoms with Crippen LogP contribution in [0, 0.1) is 13.8 Å². The quantitative estimate of drug-likeness (QED) is 0.173. The molecule has 0 aliphatic heterocycles. The summed E-state index contributed by atoms with van der Waals surface area (Å²) < 4.78 is 35.5. The van der Waals surface area contributed by atoms with E-state index < -0.39 is 34.1 Å². The predicted molar refractivity (Wildman–Crippen MR) is 190 cm³/mol. The largest absolute Gasteiger partial charge is 0.496 e. The maximum absolute atomic E-state index is 14.7. The van der Waals surface area contributed by atoms with E-state index in [0.29, 0.717) is 15.9 Å². The number of carbonyl (C=O) groups excluding carboxylic acids is 2. The number of hydrogen-bond donors (Lipinski definition) is 1. The Hall–Kier alpha value is -4.15. The van der Waals surface area contributed by atoms with Crippen LogP contribution in [0.15, 0.2) is 106 Å². The molecule has 47 heavy (non-hydrogen) atoms. The van der Waals surface area contributed by atoms with Crippen molar-refractivity contribution in [3.8, 4) is 5.75 Å². The zero-order valence-corrected chi connectivity index (χ0v) is 30.1. The van der Waals surface area contributed by atoms with Crippen molar-refractivity contribution in [1.82, 2.24) is 10.2 Å². The first-order valence-electron chi connectivity index (χ1n) is 15.3. The summed E-state index contributed by atoms with van der Waals surface area (Å²) in [5.74, 6) is -0.373. The number of aryl methyl sites for hydroxylation is 2. The number of rotatable bonds is 12. The molecule has 4 rings (SSSR count). The van der Waals surface area contributed by atoms with Gasteiger partial charge in [-0.25, -0.2) is 8.42 Å². The van der Waals surface area contributed by atoms with E-state index >= 15 is 0 Å². The molecule has 0 heterocycles. The molecule has 0 bridgehead atoms. The van der Waals surface area contributed by atoms with E-state index in [1.807, 2.05) is 89.2 Å². The second-order valence-electron chi connectivity index (χ2n) is 12.5. The van der Waals surface area contributed by atoms with E-state index in [1.54, 1.807) is 30.3 Å². The van der Waals surface area contributed by atoms with Gasteiger partial charge in [0.25, 0.3) is 10.0 Å². The number of benzene rings is 4. The molecule has 1 N–H and O–H groups in total. The molecule has 0 aromatic heterocycles. The fourth-order valence-corrected chi connectivity index (χ4v) is 7.29. The van der Waals surface area contributed by atoms with Gasteiger partial charge in [-0.05, 0) is 97.6 Å². The van der Waals surface area contributed by atoms with Crippen molar-refractivity contribution in [3.05, 3.63) is 124 Å². The number of methoxy groups -OCH3 is 1. The number of nitrogens with one attached hydrogen (secondary N) is 1. The number of sulfonamides is 1. The molecule has 0 unspecified atom stereocenters. The molecule has 10 heteroatoms. The molecule has 0 aliphatic rings. The maximum atomic E-state index is 14.7. The molecule has 2 amide bonds. The summed E-state index contributed by atoms with van der Waals surface area (Å²) in [7, 11) is -2.76. The van der Waals surface area contributed by atoms with Crippen molar-refractivity contribution < 1.29 is 22.7 Å². The van der Waals surface area contributed by atoms with E-state index in [-0.39, 0.29) is 23.8 Å². The lowest BCUT2D eigenvalue weighted by atomic mass is 10.00. The van der Waals surface area contributed by atoms with Gasteiger partial charge in [0.1, 0.15) is 18.3 Å². The van der Waals surface area contributed by atoms with Gasteiger partial charge >= 0.3 is 0 Å². The van der Waals surface area contributed by atoms with Gasteiger partial charge in [-0.15, -0.1) is 0 Å². The lowest BCUT2D eigenvalue weighted by Crippen LogP contribution is -2.56. The third-order valence-corrected chi connectivity index (χ3v) is 10.1. The van der Waals surface area contributed by atoms with E-state index in [1.165, 1.54) is 24.1 Å². The number of carbonyl (C=O) groups is 2. The van der Waals surface area contributed by atoms with Gasteiger partial charge in [-0.2, -0.15) is 0 Å². The highest BCUT2D eigenvalue weighted by Gasteiger charge is 2.36. The second kappa shape index (κ2) is 15.2. The van der Waals surface area contributed by atoms with Crippen LogP contribution in [0.5, 0.6) is 5.75 Å². The number of hydrogen-bond acceptors (Lipinski definition) is 5. The van der Waals surface area contributed by atoms with Crippen LogP contribution in [0.25, 0.3) is 0 Å². The molecule has 0 radical (unpaired) electrons. The van der Waals surface area contributed by atoms with Crippen LogP contribution in [-0.4, -0.2) is 50.4 Å². The summed E-state index contributed by atoms with van der Waals surface area (Å²) >= 11 is 3.40. The molecule has 1 atom stereocenters. The van der Waals surface area contributed by atoms with E-state index in [2.05, 4.69) is 21.2 Å². The number of ether oxygens (including phenoxy) is 1. The van der Waals surface area contributed by atoms with Crippen molar-refractivity contribution in [1.29, 1.82) is 0 Å². The lowest BCUT2D eigenvalue weighted by molar-refractivity contribution is -0.140. The Balaban J connectivity index is 1.84. The summed E-state index contributed by atoms with van der Waals surface area (Å²) in [5, 5.41) is 3.06. The first kappa shape index (κ1) is 35.7. The Morgan fingerprint density at radius 2 is 1.53 bits per heavy atom. The molecule has 0 saturated heterocycles. The van der Waals surface area contributed by atoms with Gasteiger partial charge in [0, 0.05) is 18.5 Å². The van der Waals surface area contributed by atoms with E-state index in [0.717, 1.165) is 26.6 Å². The molecule has 0 saturated carbocycles. The molecule has 0 spiro atoms. The summed E-state index contributed by atoms with van der Waals surface area (Å²) in [6, 6.07) is 27.7. The van der Waals surface area contributed by atoms with Crippen LogP contribution >= 0.6 is 15.9 Å². The van der Waals surface area contributed by atoms with Gasteiger partial charge in [-0.3, -0.25) is 13.9 Å². The monoisotopic (exact) mass is 719 g/mol. The molecule has 8 nitrogen and oxygen atoms in total. The van der Waals surface area contributed by atoms with Crippen molar-refractivity contribution >= 4 is 43.5 Å². The highest BCUT2D eigenvalue weighted by atomic mass is 79.9. The summed E-state index contributed by atoms with van der Waals surface area (Å²) in [6.07, 6.45) is 0.239. The number of anilines is 1. The normalized spacial score (nSPS) is 12.2. The zero-order valence-electron chi connectivity index (χ0n) is 27.7. The van der Waals surface area contributed by atoms with Gasteiger partial charge in [-0.1, -0.05) is 72.3 Å². The van der Waals surface area contributed by atoms with Crippen LogP contribution in [0.1, 0.15) is 43.0 Å². The predicted octanol–water partition coefficient (Wildman–Crippen LogP) is 6.82. The van der Waals surface area contributed by atoms with Gasteiger partial charge in [0.05, 0.1) is 22.2 Å². The SMILES string of the molecule is COc1ccc(S(=O)(=O)N(CC(=O)N(Cc2ccccc2C)[C@@H](Cc2ccccc2)C(=O)NC(C)(C)C)c2ccc(C)cc2)cc1Br. The average Bonchev–Trinajstić information content (AvgIpc) is 3.02. The molecule has 4 aromatic carbocycles. The van der Waals surface area contributed by atoms with Crippen molar-refractivity contribution in [2.75, 3.05) is 18.0 Å². The second-order valence-corrected chi connectivity index (χ2v) is 15.3. The van der Waals surface area contributed by atoms with Crippen molar-refractivity contribution in [2.24, 2.45) is 0 Å². The maximum Gasteiger partial charge on any atom is 0.264 e. The Morgan fingerprint density at radius 3 is 2.13 bits per heavy atom.